The first-order valence-electron chi connectivity index (χ1n) is 12.8. The van der Waals surface area contributed by atoms with Crippen LogP contribution in [0.15, 0.2) is 35.4 Å². The molecule has 1 aliphatic rings. The lowest BCUT2D eigenvalue weighted by Crippen LogP contribution is -2.54. The fourth-order valence-corrected chi connectivity index (χ4v) is 6.27. The van der Waals surface area contributed by atoms with Gasteiger partial charge in [0.25, 0.3) is 0 Å². The molecule has 0 radical (unpaired) electrons. The molecule has 5 atom stereocenters. The van der Waals surface area contributed by atoms with Crippen molar-refractivity contribution < 1.29 is 52.5 Å². The van der Waals surface area contributed by atoms with E-state index in [0.717, 1.165) is 40.2 Å². The predicted molar refractivity (Wildman–Crippen MR) is 153 cm³/mol. The second-order valence-corrected chi connectivity index (χ2v) is 11.4. The van der Waals surface area contributed by atoms with Crippen molar-refractivity contribution in [3.8, 4) is 0 Å². The van der Waals surface area contributed by atoms with E-state index in [-0.39, 0.29) is 6.42 Å². The number of carbonyl (C=O) groups excluding carboxylic acids is 6. The molecule has 1 amide bonds. The van der Waals surface area contributed by atoms with E-state index in [0.29, 0.717) is 10.1 Å². The summed E-state index contributed by atoms with van der Waals surface area (Å²) < 4.78 is 27.3. The Hall–Kier alpha value is -3.59. The Balaban J connectivity index is 2.43. The highest BCUT2D eigenvalue weighted by Crippen LogP contribution is 2.37. The Labute approximate surface area is 251 Å². The van der Waals surface area contributed by atoms with Crippen molar-refractivity contribution in [2.45, 2.75) is 83.5 Å². The monoisotopic (exact) mass is 626 g/mol. The molecule has 13 nitrogen and oxygen atoms in total. The zero-order valence-electron chi connectivity index (χ0n) is 24.1. The van der Waals surface area contributed by atoms with Gasteiger partial charge in [-0.15, -0.1) is 0 Å². The molecule has 0 aliphatic carbocycles. The average molecular weight is 627 g/mol. The number of nitrogens with zero attached hydrogens (tertiary/aromatic N) is 2. The Kier molecular flexibility index (Phi) is 13.8. The minimum atomic E-state index is -1.57. The number of hydrogen-bond acceptors (Lipinski definition) is 14. The van der Waals surface area contributed by atoms with E-state index in [2.05, 4.69) is 5.10 Å². The SMILES string of the molecule is CC(=O)OC[C@@H](OC(C)=O)[C@@H](OC(C)=O)[C@H](OC(C)=O)[C@@H](CC1SC(SCc2ccccc2)=NN1C(C)=O)OC(C)=O. The summed E-state index contributed by atoms with van der Waals surface area (Å²) in [6.07, 6.45) is -5.99. The number of amides is 1. The molecule has 0 fully saturated rings. The maximum atomic E-state index is 12.5. The van der Waals surface area contributed by atoms with E-state index in [4.69, 9.17) is 23.7 Å². The van der Waals surface area contributed by atoms with E-state index in [1.807, 2.05) is 30.3 Å². The lowest BCUT2D eigenvalue weighted by molar-refractivity contribution is -0.203. The first kappa shape index (κ1) is 34.6. The van der Waals surface area contributed by atoms with Crippen LogP contribution < -0.4 is 0 Å². The third-order valence-corrected chi connectivity index (χ3v) is 7.80. The molecule has 1 aromatic carbocycles. The molecule has 1 aliphatic heterocycles. The van der Waals surface area contributed by atoms with Crippen molar-refractivity contribution in [2.24, 2.45) is 5.10 Å². The van der Waals surface area contributed by atoms with Crippen molar-refractivity contribution in [3.05, 3.63) is 35.9 Å². The second-order valence-electron chi connectivity index (χ2n) is 9.06. The minimum Gasteiger partial charge on any atom is -0.462 e. The fourth-order valence-electron chi connectivity index (χ4n) is 3.91. The number of carbonyl (C=O) groups is 6. The number of ether oxygens (including phenoxy) is 5. The van der Waals surface area contributed by atoms with Crippen LogP contribution in [0.4, 0.5) is 0 Å². The van der Waals surface area contributed by atoms with Crippen molar-refractivity contribution in [3.63, 3.8) is 0 Å². The Morgan fingerprint density at radius 2 is 1.31 bits per heavy atom. The van der Waals surface area contributed by atoms with Crippen LogP contribution in [0, 0.1) is 0 Å². The smallest absolute Gasteiger partial charge is 0.303 e. The number of benzene rings is 1. The first-order chi connectivity index (χ1) is 19.8. The number of thioether (sulfide) groups is 2. The molecule has 0 N–H and O–H groups in total. The van der Waals surface area contributed by atoms with E-state index in [9.17, 15) is 28.8 Å². The number of rotatable bonds is 13. The third-order valence-electron chi connectivity index (χ3n) is 5.41. The van der Waals surface area contributed by atoms with Gasteiger partial charge in [0, 0.05) is 53.7 Å². The topological polar surface area (TPSA) is 164 Å². The van der Waals surface area contributed by atoms with Crippen LogP contribution in [0.25, 0.3) is 0 Å². The van der Waals surface area contributed by atoms with Gasteiger partial charge < -0.3 is 23.7 Å². The molecule has 15 heteroatoms. The van der Waals surface area contributed by atoms with Gasteiger partial charge in [-0.1, -0.05) is 53.9 Å². The van der Waals surface area contributed by atoms with Gasteiger partial charge in [0.2, 0.25) is 5.91 Å². The zero-order chi connectivity index (χ0) is 31.4. The number of hydrazone groups is 1. The Morgan fingerprint density at radius 1 is 0.786 bits per heavy atom. The normalized spacial score (nSPS) is 17.1. The van der Waals surface area contributed by atoms with Gasteiger partial charge in [0.05, 0.1) is 0 Å². The van der Waals surface area contributed by atoms with Gasteiger partial charge in [-0.25, -0.2) is 5.01 Å². The van der Waals surface area contributed by atoms with Crippen LogP contribution in [-0.2, 0) is 58.2 Å². The number of esters is 5. The molecule has 1 heterocycles. The lowest BCUT2D eigenvalue weighted by atomic mass is 9.99. The molecule has 1 aromatic rings. The van der Waals surface area contributed by atoms with Gasteiger partial charge in [-0.05, 0) is 5.56 Å². The molecule has 0 saturated heterocycles. The largest absolute Gasteiger partial charge is 0.462 e. The Morgan fingerprint density at radius 3 is 1.81 bits per heavy atom. The standard InChI is InChI=1S/C27H34N2O11S2/c1-15(30)29-24(42-27(28-29)41-14-21-10-8-7-9-11-21)12-22(37-17(3)32)25(39-19(5)34)26(40-20(6)35)23(38-18(4)33)13-36-16(2)31/h7-11,22-26H,12-14H2,1-6H3/t22-,23-,24?,25-,26-/m1/s1. The van der Waals surface area contributed by atoms with Crippen molar-refractivity contribution in [2.75, 3.05) is 6.61 Å². The highest BCUT2D eigenvalue weighted by atomic mass is 32.2. The summed E-state index contributed by atoms with van der Waals surface area (Å²) in [5, 5.41) is 4.94. The van der Waals surface area contributed by atoms with Crippen LogP contribution in [0.3, 0.4) is 0 Å². The summed E-state index contributed by atoms with van der Waals surface area (Å²) in [4.78, 5) is 72.6. The molecule has 0 spiro atoms. The summed E-state index contributed by atoms with van der Waals surface area (Å²) in [6, 6.07) is 9.64. The molecular weight excluding hydrogens is 592 g/mol. The van der Waals surface area contributed by atoms with Crippen LogP contribution in [0.1, 0.15) is 53.5 Å². The predicted octanol–water partition coefficient (Wildman–Crippen LogP) is 2.79. The molecule has 2 rings (SSSR count). The molecular formula is C27H34N2O11S2. The summed E-state index contributed by atoms with van der Waals surface area (Å²) in [6.45, 7) is 6.26. The van der Waals surface area contributed by atoms with E-state index < -0.39 is 72.2 Å². The van der Waals surface area contributed by atoms with Crippen molar-refractivity contribution in [1.29, 1.82) is 0 Å². The third kappa shape index (κ3) is 11.7. The van der Waals surface area contributed by atoms with E-state index in [1.54, 1.807) is 0 Å². The van der Waals surface area contributed by atoms with E-state index in [1.165, 1.54) is 35.5 Å². The summed E-state index contributed by atoms with van der Waals surface area (Å²) >= 11 is 2.65. The van der Waals surface area contributed by atoms with Crippen LogP contribution in [0.2, 0.25) is 0 Å². The summed E-state index contributed by atoms with van der Waals surface area (Å²) in [5.41, 5.74) is 1.05. The van der Waals surface area contributed by atoms with Gasteiger partial charge >= 0.3 is 29.8 Å². The molecule has 1 unspecified atom stereocenters. The molecule has 0 bridgehead atoms. The van der Waals surface area contributed by atoms with Crippen LogP contribution >= 0.6 is 23.5 Å². The quantitative estimate of drug-likeness (QED) is 0.232. The van der Waals surface area contributed by atoms with Gasteiger partial charge in [0.1, 0.15) is 18.1 Å². The van der Waals surface area contributed by atoms with Crippen molar-refractivity contribution >= 4 is 63.7 Å². The zero-order valence-corrected chi connectivity index (χ0v) is 25.7. The second kappa shape index (κ2) is 16.8. The van der Waals surface area contributed by atoms with Gasteiger partial charge in [0.15, 0.2) is 22.7 Å². The Bertz CT molecular complexity index is 1180. The maximum Gasteiger partial charge on any atom is 0.303 e. The first-order valence-corrected chi connectivity index (χ1v) is 14.7. The van der Waals surface area contributed by atoms with Gasteiger partial charge in [-0.3, -0.25) is 28.8 Å². The molecule has 0 saturated carbocycles. The fraction of sp³-hybridized carbons (Fsp3) is 0.519. The minimum absolute atomic E-state index is 0.126. The summed E-state index contributed by atoms with van der Waals surface area (Å²) in [5.74, 6) is -3.77. The lowest BCUT2D eigenvalue weighted by Gasteiger charge is -2.36. The molecule has 0 aromatic heterocycles. The van der Waals surface area contributed by atoms with Crippen molar-refractivity contribution in [1.82, 2.24) is 5.01 Å². The highest BCUT2D eigenvalue weighted by molar-refractivity contribution is 8.39. The average Bonchev–Trinajstić information content (AvgIpc) is 3.30. The maximum absolute atomic E-state index is 12.5. The van der Waals surface area contributed by atoms with Gasteiger partial charge in [-0.2, -0.15) is 5.10 Å². The molecule has 42 heavy (non-hydrogen) atoms. The number of hydrogen-bond donors (Lipinski definition) is 0. The summed E-state index contributed by atoms with van der Waals surface area (Å²) in [7, 11) is 0. The van der Waals surface area contributed by atoms with Crippen LogP contribution in [-0.4, -0.2) is 81.5 Å². The van der Waals surface area contributed by atoms with E-state index >= 15 is 0 Å². The highest BCUT2D eigenvalue weighted by Gasteiger charge is 2.46. The molecule has 230 valence electrons. The van der Waals surface area contributed by atoms with Crippen LogP contribution in [0.5, 0.6) is 0 Å².